The minimum atomic E-state index is -3.92. The Labute approximate surface area is 173 Å². The topological polar surface area (TPSA) is 105 Å². The molecule has 0 aliphatic carbocycles. The van der Waals surface area contributed by atoms with E-state index in [1.54, 1.807) is 0 Å². The van der Waals surface area contributed by atoms with Gasteiger partial charge in [0.1, 0.15) is 11.9 Å². The second-order valence-electron chi connectivity index (χ2n) is 6.79. The van der Waals surface area contributed by atoms with Crippen molar-refractivity contribution in [1.29, 1.82) is 0 Å². The lowest BCUT2D eigenvalue weighted by Gasteiger charge is -2.28. The Kier molecular flexibility index (Phi) is 6.16. The minimum absolute atomic E-state index is 0.100. The first-order chi connectivity index (χ1) is 14.2. The lowest BCUT2D eigenvalue weighted by molar-refractivity contribution is -0.122. The zero-order valence-electron chi connectivity index (χ0n) is 16.7. The van der Waals surface area contributed by atoms with Crippen LogP contribution in [0.3, 0.4) is 0 Å². The van der Waals surface area contributed by atoms with Crippen LogP contribution in [0.15, 0.2) is 53.1 Å². The van der Waals surface area contributed by atoms with E-state index in [1.807, 2.05) is 31.2 Å². The highest BCUT2D eigenvalue weighted by molar-refractivity contribution is 7.92. The van der Waals surface area contributed by atoms with Crippen LogP contribution >= 0.6 is 0 Å². The van der Waals surface area contributed by atoms with Gasteiger partial charge < -0.3 is 9.84 Å². The molecule has 1 aromatic heterocycles. The van der Waals surface area contributed by atoms with Crippen molar-refractivity contribution >= 4 is 21.6 Å². The Bertz CT molecular complexity index is 1160. The van der Waals surface area contributed by atoms with E-state index in [4.69, 9.17) is 4.52 Å². The van der Waals surface area contributed by atoms with Gasteiger partial charge in [-0.2, -0.15) is 4.98 Å². The molecule has 0 aliphatic heterocycles. The van der Waals surface area contributed by atoms with Crippen LogP contribution < -0.4 is 9.62 Å². The summed E-state index contributed by atoms with van der Waals surface area (Å²) in [7, 11) is -3.92. The van der Waals surface area contributed by atoms with Crippen LogP contribution in [0.25, 0.3) is 11.4 Å². The average molecular weight is 432 g/mol. The summed E-state index contributed by atoms with van der Waals surface area (Å²) in [6.07, 6.45) is 0.912. The van der Waals surface area contributed by atoms with Crippen LogP contribution in [-0.2, 0) is 21.4 Å². The first-order valence-corrected chi connectivity index (χ1v) is 10.9. The van der Waals surface area contributed by atoms with E-state index in [2.05, 4.69) is 15.5 Å². The Morgan fingerprint density at radius 2 is 1.97 bits per heavy atom. The summed E-state index contributed by atoms with van der Waals surface area (Å²) in [5.74, 6) is -0.856. The summed E-state index contributed by atoms with van der Waals surface area (Å²) in [5.41, 5.74) is 1.60. The van der Waals surface area contributed by atoms with Gasteiger partial charge in [0.25, 0.3) is 0 Å². The molecule has 1 heterocycles. The number of hydrogen-bond donors (Lipinski definition) is 1. The number of aryl methyl sites for hydroxylation is 1. The van der Waals surface area contributed by atoms with Gasteiger partial charge in [0.15, 0.2) is 0 Å². The van der Waals surface area contributed by atoms with Crippen molar-refractivity contribution in [3.8, 4) is 11.4 Å². The van der Waals surface area contributed by atoms with Gasteiger partial charge in [0.2, 0.25) is 27.6 Å². The number of carbonyl (C=O) groups excluding carboxylic acids is 1. The number of aromatic nitrogens is 2. The molecule has 0 saturated heterocycles. The van der Waals surface area contributed by atoms with Crippen LogP contribution in [0.2, 0.25) is 0 Å². The molecule has 10 heteroatoms. The fourth-order valence-electron chi connectivity index (χ4n) is 2.95. The van der Waals surface area contributed by atoms with Crippen molar-refractivity contribution in [1.82, 2.24) is 15.5 Å². The number of sulfonamides is 1. The Balaban J connectivity index is 1.73. The van der Waals surface area contributed by atoms with Crippen molar-refractivity contribution in [3.05, 3.63) is 65.8 Å². The number of anilines is 1. The molecule has 1 N–H and O–H groups in total. The van der Waals surface area contributed by atoms with Crippen LogP contribution in [0, 0.1) is 12.7 Å². The molecule has 0 aliphatic rings. The van der Waals surface area contributed by atoms with Crippen LogP contribution in [0.1, 0.15) is 18.4 Å². The zero-order chi connectivity index (χ0) is 21.9. The maximum atomic E-state index is 14.2. The van der Waals surface area contributed by atoms with Crippen molar-refractivity contribution in [2.24, 2.45) is 0 Å². The summed E-state index contributed by atoms with van der Waals surface area (Å²) in [6.45, 7) is 3.21. The molecule has 0 unspecified atom stereocenters. The average Bonchev–Trinajstić information content (AvgIpc) is 3.16. The molecule has 0 radical (unpaired) electrons. The Morgan fingerprint density at radius 3 is 2.63 bits per heavy atom. The van der Waals surface area contributed by atoms with Crippen LogP contribution in [0.4, 0.5) is 10.1 Å². The monoisotopic (exact) mass is 432 g/mol. The van der Waals surface area contributed by atoms with Crippen LogP contribution in [0.5, 0.6) is 0 Å². The number of rotatable bonds is 7. The predicted molar refractivity (Wildman–Crippen MR) is 110 cm³/mol. The van der Waals surface area contributed by atoms with E-state index < -0.39 is 27.8 Å². The molecule has 1 atom stereocenters. The molecule has 8 nitrogen and oxygen atoms in total. The molecule has 3 aromatic rings. The van der Waals surface area contributed by atoms with Gasteiger partial charge >= 0.3 is 0 Å². The van der Waals surface area contributed by atoms with Gasteiger partial charge in [0, 0.05) is 5.56 Å². The van der Waals surface area contributed by atoms with Gasteiger partial charge in [-0.05, 0) is 32.0 Å². The van der Waals surface area contributed by atoms with Gasteiger partial charge in [0.05, 0.1) is 18.5 Å². The van der Waals surface area contributed by atoms with Crippen molar-refractivity contribution in [3.63, 3.8) is 0 Å². The summed E-state index contributed by atoms with van der Waals surface area (Å²) < 4.78 is 44.5. The van der Waals surface area contributed by atoms with E-state index in [-0.39, 0.29) is 18.1 Å². The first kappa shape index (κ1) is 21.4. The number of nitrogens with zero attached hydrogens (tertiary/aromatic N) is 3. The Hall–Kier alpha value is -3.27. The fraction of sp³-hybridized carbons (Fsp3) is 0.250. The zero-order valence-corrected chi connectivity index (χ0v) is 17.5. The van der Waals surface area contributed by atoms with Crippen molar-refractivity contribution < 1.29 is 22.1 Å². The number of amides is 1. The SMILES string of the molecule is Cc1cccc(-c2noc(CNC(=O)[C@@H](C)N(c3ccccc3F)S(C)(=O)=O)n2)c1. The molecule has 0 bridgehead atoms. The van der Waals surface area contributed by atoms with Crippen LogP contribution in [-0.4, -0.2) is 36.8 Å². The van der Waals surface area contributed by atoms with E-state index in [0.29, 0.717) is 5.82 Å². The molecule has 158 valence electrons. The third-order valence-electron chi connectivity index (χ3n) is 4.34. The molecule has 0 spiro atoms. The van der Waals surface area contributed by atoms with Gasteiger partial charge in [-0.25, -0.2) is 12.8 Å². The van der Waals surface area contributed by atoms with Gasteiger partial charge in [-0.1, -0.05) is 41.1 Å². The number of hydrogen-bond acceptors (Lipinski definition) is 6. The number of halogens is 1. The van der Waals surface area contributed by atoms with Crippen molar-refractivity contribution in [2.75, 3.05) is 10.6 Å². The molecule has 3 rings (SSSR count). The number of nitrogens with one attached hydrogen (secondary N) is 1. The lowest BCUT2D eigenvalue weighted by Crippen LogP contribution is -2.48. The molecule has 1 amide bonds. The summed E-state index contributed by atoms with van der Waals surface area (Å²) >= 11 is 0. The first-order valence-electron chi connectivity index (χ1n) is 9.08. The van der Waals surface area contributed by atoms with E-state index >= 15 is 0 Å². The molecular weight excluding hydrogens is 411 g/mol. The van der Waals surface area contributed by atoms with E-state index in [9.17, 15) is 17.6 Å². The van der Waals surface area contributed by atoms with E-state index in [0.717, 1.165) is 27.8 Å². The number of carbonyl (C=O) groups is 1. The summed E-state index contributed by atoms with van der Waals surface area (Å²) in [4.78, 5) is 16.8. The molecule has 30 heavy (non-hydrogen) atoms. The normalized spacial score (nSPS) is 12.4. The maximum Gasteiger partial charge on any atom is 0.246 e. The predicted octanol–water partition coefficient (Wildman–Crippen LogP) is 2.66. The quantitative estimate of drug-likeness (QED) is 0.615. The maximum absolute atomic E-state index is 14.2. The fourth-order valence-corrected chi connectivity index (χ4v) is 4.13. The lowest BCUT2D eigenvalue weighted by atomic mass is 10.1. The highest BCUT2D eigenvalue weighted by atomic mass is 32.2. The van der Waals surface area contributed by atoms with Gasteiger partial charge in [-0.3, -0.25) is 9.10 Å². The molecule has 0 saturated carbocycles. The van der Waals surface area contributed by atoms with E-state index in [1.165, 1.54) is 25.1 Å². The highest BCUT2D eigenvalue weighted by Crippen LogP contribution is 2.24. The summed E-state index contributed by atoms with van der Waals surface area (Å²) in [5, 5.41) is 6.44. The minimum Gasteiger partial charge on any atom is -0.345 e. The third kappa shape index (κ3) is 4.82. The molecule has 0 fully saturated rings. The smallest absolute Gasteiger partial charge is 0.246 e. The number of para-hydroxylation sites is 1. The van der Waals surface area contributed by atoms with Gasteiger partial charge in [-0.15, -0.1) is 0 Å². The highest BCUT2D eigenvalue weighted by Gasteiger charge is 2.31. The molecule has 2 aromatic carbocycles. The summed E-state index contributed by atoms with van der Waals surface area (Å²) in [6, 6.07) is 11.7. The van der Waals surface area contributed by atoms with Crippen molar-refractivity contribution in [2.45, 2.75) is 26.4 Å². The largest absolute Gasteiger partial charge is 0.345 e. The Morgan fingerprint density at radius 1 is 1.23 bits per heavy atom. The second kappa shape index (κ2) is 8.62. The second-order valence-corrected chi connectivity index (χ2v) is 8.64. The third-order valence-corrected chi connectivity index (χ3v) is 5.56. The standard InChI is InChI=1S/C20H21FN4O4S/c1-13-7-6-8-15(11-13)19-23-18(29-24-19)12-22-20(26)14(2)25(30(3,27)28)17-10-5-4-9-16(17)21/h4-11,14H,12H2,1-3H3,(H,22,26)/t14-/m1/s1. The molecular formula is C20H21FN4O4S. The number of benzene rings is 2.